The average Bonchev–Trinajstić information content (AvgIpc) is 2.74. The lowest BCUT2D eigenvalue weighted by Gasteiger charge is -2.16. The minimum atomic E-state index is -0.585. The van der Waals surface area contributed by atoms with Crippen LogP contribution in [0.1, 0.15) is 23.7 Å². The summed E-state index contributed by atoms with van der Waals surface area (Å²) in [6.45, 7) is 2.51. The molecular weight excluding hydrogens is 237 g/mol. The number of amides is 1. The topological polar surface area (TPSA) is 47.6 Å². The van der Waals surface area contributed by atoms with Gasteiger partial charge in [-0.1, -0.05) is 0 Å². The second-order valence-electron chi connectivity index (χ2n) is 4.29. The number of rotatable bonds is 3. The Hall–Kier alpha value is -1.62. The molecule has 2 unspecified atom stereocenters. The number of halogens is 1. The van der Waals surface area contributed by atoms with Gasteiger partial charge < -0.3 is 14.8 Å². The zero-order valence-electron chi connectivity index (χ0n) is 10.4. The Kier molecular flexibility index (Phi) is 3.81. The van der Waals surface area contributed by atoms with Crippen LogP contribution in [0.5, 0.6) is 5.75 Å². The van der Waals surface area contributed by atoms with Crippen LogP contribution in [-0.4, -0.2) is 31.8 Å². The maximum absolute atomic E-state index is 13.7. The first kappa shape index (κ1) is 12.8. The summed E-state index contributed by atoms with van der Waals surface area (Å²) in [5.74, 6) is -0.613. The van der Waals surface area contributed by atoms with E-state index in [1.165, 1.54) is 19.2 Å². The molecule has 1 N–H and O–H groups in total. The lowest BCUT2D eigenvalue weighted by atomic mass is 10.1. The van der Waals surface area contributed by atoms with Crippen molar-refractivity contribution < 1.29 is 18.7 Å². The predicted molar refractivity (Wildman–Crippen MR) is 64.2 cm³/mol. The molecule has 0 aliphatic carbocycles. The Morgan fingerprint density at radius 2 is 2.33 bits per heavy atom. The average molecular weight is 253 g/mol. The normalized spacial score (nSPS) is 22.8. The molecule has 1 aromatic rings. The van der Waals surface area contributed by atoms with Crippen LogP contribution in [0.4, 0.5) is 4.39 Å². The molecule has 18 heavy (non-hydrogen) atoms. The molecule has 98 valence electrons. The zero-order chi connectivity index (χ0) is 13.1. The summed E-state index contributed by atoms with van der Waals surface area (Å²) < 4.78 is 23.9. The Morgan fingerprint density at radius 3 is 2.89 bits per heavy atom. The van der Waals surface area contributed by atoms with Gasteiger partial charge in [-0.3, -0.25) is 4.79 Å². The zero-order valence-corrected chi connectivity index (χ0v) is 10.4. The Morgan fingerprint density at radius 1 is 1.56 bits per heavy atom. The first-order valence-corrected chi connectivity index (χ1v) is 5.88. The monoisotopic (exact) mass is 253 g/mol. The SMILES string of the molecule is COc1ccc(C(=O)NC2CCOC2C)c(F)c1. The lowest BCUT2D eigenvalue weighted by molar-refractivity contribution is 0.0862. The van der Waals surface area contributed by atoms with Crippen molar-refractivity contribution in [1.29, 1.82) is 0 Å². The van der Waals surface area contributed by atoms with Crippen molar-refractivity contribution in [2.24, 2.45) is 0 Å². The molecule has 5 heteroatoms. The van der Waals surface area contributed by atoms with Crippen LogP contribution < -0.4 is 10.1 Å². The van der Waals surface area contributed by atoms with Crippen molar-refractivity contribution in [2.45, 2.75) is 25.5 Å². The number of methoxy groups -OCH3 is 1. The van der Waals surface area contributed by atoms with Gasteiger partial charge in [-0.05, 0) is 25.5 Å². The second-order valence-corrected chi connectivity index (χ2v) is 4.29. The largest absolute Gasteiger partial charge is 0.497 e. The summed E-state index contributed by atoms with van der Waals surface area (Å²) in [4.78, 5) is 11.9. The van der Waals surface area contributed by atoms with Crippen molar-refractivity contribution in [3.8, 4) is 5.75 Å². The predicted octanol–water partition coefficient (Wildman–Crippen LogP) is 1.74. The first-order valence-electron chi connectivity index (χ1n) is 5.88. The smallest absolute Gasteiger partial charge is 0.254 e. The number of hydrogen-bond acceptors (Lipinski definition) is 3. The highest BCUT2D eigenvalue weighted by Gasteiger charge is 2.26. The summed E-state index contributed by atoms with van der Waals surface area (Å²) in [6, 6.07) is 4.12. The molecule has 1 aliphatic rings. The molecule has 0 bridgehead atoms. The van der Waals surface area contributed by atoms with Gasteiger partial charge in [-0.15, -0.1) is 0 Å². The minimum Gasteiger partial charge on any atom is -0.497 e. The van der Waals surface area contributed by atoms with E-state index in [-0.39, 0.29) is 17.7 Å². The fraction of sp³-hybridized carbons (Fsp3) is 0.462. The van der Waals surface area contributed by atoms with E-state index in [0.29, 0.717) is 12.4 Å². The third kappa shape index (κ3) is 2.61. The molecule has 0 aromatic heterocycles. The van der Waals surface area contributed by atoms with Gasteiger partial charge in [0.15, 0.2) is 0 Å². The molecule has 0 radical (unpaired) electrons. The minimum absolute atomic E-state index is 0.0231. The van der Waals surface area contributed by atoms with Crippen LogP contribution in [0.15, 0.2) is 18.2 Å². The van der Waals surface area contributed by atoms with Gasteiger partial charge in [-0.25, -0.2) is 4.39 Å². The van der Waals surface area contributed by atoms with E-state index in [0.717, 1.165) is 6.42 Å². The lowest BCUT2D eigenvalue weighted by Crippen LogP contribution is -2.39. The maximum Gasteiger partial charge on any atom is 0.254 e. The molecule has 1 heterocycles. The van der Waals surface area contributed by atoms with Gasteiger partial charge in [0.1, 0.15) is 11.6 Å². The Labute approximate surface area is 105 Å². The second kappa shape index (κ2) is 5.35. The standard InChI is InChI=1S/C13H16FNO3/c1-8-12(5-6-18-8)15-13(16)10-4-3-9(17-2)7-11(10)14/h3-4,7-8,12H,5-6H2,1-2H3,(H,15,16). The van der Waals surface area contributed by atoms with E-state index in [1.54, 1.807) is 6.07 Å². The highest BCUT2D eigenvalue weighted by Crippen LogP contribution is 2.18. The van der Waals surface area contributed by atoms with Crippen molar-refractivity contribution in [1.82, 2.24) is 5.32 Å². The molecule has 2 rings (SSSR count). The molecule has 0 saturated carbocycles. The van der Waals surface area contributed by atoms with Crippen LogP contribution in [0, 0.1) is 5.82 Å². The summed E-state index contributed by atoms with van der Waals surface area (Å²) in [7, 11) is 1.45. The summed E-state index contributed by atoms with van der Waals surface area (Å²) >= 11 is 0. The molecule has 1 fully saturated rings. The molecule has 1 aliphatic heterocycles. The van der Waals surface area contributed by atoms with E-state index in [9.17, 15) is 9.18 Å². The van der Waals surface area contributed by atoms with Crippen LogP contribution in [0.3, 0.4) is 0 Å². The van der Waals surface area contributed by atoms with E-state index in [2.05, 4.69) is 5.32 Å². The van der Waals surface area contributed by atoms with E-state index < -0.39 is 11.7 Å². The maximum atomic E-state index is 13.7. The first-order chi connectivity index (χ1) is 8.61. The van der Waals surface area contributed by atoms with Crippen LogP contribution in [0.2, 0.25) is 0 Å². The van der Waals surface area contributed by atoms with Gasteiger partial charge in [0.05, 0.1) is 24.8 Å². The Balaban J connectivity index is 2.09. The molecule has 1 aromatic carbocycles. The number of nitrogens with one attached hydrogen (secondary N) is 1. The van der Waals surface area contributed by atoms with Crippen molar-refractivity contribution in [3.05, 3.63) is 29.6 Å². The van der Waals surface area contributed by atoms with Gasteiger partial charge in [0, 0.05) is 12.7 Å². The fourth-order valence-electron chi connectivity index (χ4n) is 1.97. The molecule has 2 atom stereocenters. The molecular formula is C13H16FNO3. The fourth-order valence-corrected chi connectivity index (χ4v) is 1.97. The van der Waals surface area contributed by atoms with Gasteiger partial charge in [0.2, 0.25) is 0 Å². The van der Waals surface area contributed by atoms with Crippen molar-refractivity contribution >= 4 is 5.91 Å². The van der Waals surface area contributed by atoms with Gasteiger partial charge in [0.25, 0.3) is 5.91 Å². The third-order valence-electron chi connectivity index (χ3n) is 3.11. The molecule has 4 nitrogen and oxygen atoms in total. The number of hydrogen-bond donors (Lipinski definition) is 1. The third-order valence-corrected chi connectivity index (χ3v) is 3.11. The summed E-state index contributed by atoms with van der Waals surface area (Å²) in [5, 5.41) is 2.78. The summed E-state index contributed by atoms with van der Waals surface area (Å²) in [5.41, 5.74) is 0.0231. The van der Waals surface area contributed by atoms with Crippen LogP contribution in [-0.2, 0) is 4.74 Å². The number of benzene rings is 1. The van der Waals surface area contributed by atoms with Crippen LogP contribution in [0.25, 0.3) is 0 Å². The summed E-state index contributed by atoms with van der Waals surface area (Å²) in [6.07, 6.45) is 0.722. The van der Waals surface area contributed by atoms with Gasteiger partial charge >= 0.3 is 0 Å². The molecule has 1 amide bonds. The Bertz CT molecular complexity index is 450. The molecule has 0 spiro atoms. The highest BCUT2D eigenvalue weighted by molar-refractivity contribution is 5.94. The van der Waals surface area contributed by atoms with Crippen LogP contribution >= 0.6 is 0 Å². The highest BCUT2D eigenvalue weighted by atomic mass is 19.1. The quantitative estimate of drug-likeness (QED) is 0.892. The van der Waals surface area contributed by atoms with Gasteiger partial charge in [-0.2, -0.15) is 0 Å². The number of carbonyl (C=O) groups excluding carboxylic acids is 1. The number of carbonyl (C=O) groups is 1. The number of ether oxygens (including phenoxy) is 2. The van der Waals surface area contributed by atoms with Crippen molar-refractivity contribution in [3.63, 3.8) is 0 Å². The molecule has 1 saturated heterocycles. The van der Waals surface area contributed by atoms with E-state index in [4.69, 9.17) is 9.47 Å². The van der Waals surface area contributed by atoms with E-state index >= 15 is 0 Å². The van der Waals surface area contributed by atoms with Crippen molar-refractivity contribution in [2.75, 3.05) is 13.7 Å². The van der Waals surface area contributed by atoms with E-state index in [1.807, 2.05) is 6.92 Å².